The predicted molar refractivity (Wildman–Crippen MR) is 101 cm³/mol. The van der Waals surface area contributed by atoms with E-state index in [1.807, 2.05) is 11.0 Å². The summed E-state index contributed by atoms with van der Waals surface area (Å²) in [6, 6.07) is 8.54. The first-order valence-electron chi connectivity index (χ1n) is 9.45. The number of H-pyrrole nitrogens is 1. The van der Waals surface area contributed by atoms with Crippen LogP contribution in [0.2, 0.25) is 0 Å². The first-order valence-corrected chi connectivity index (χ1v) is 10.9. The van der Waals surface area contributed by atoms with Gasteiger partial charge < -0.3 is 4.90 Å². The van der Waals surface area contributed by atoms with Crippen LogP contribution < -0.4 is 0 Å². The molecule has 0 spiro atoms. The third-order valence-electron chi connectivity index (χ3n) is 5.54. The lowest BCUT2D eigenvalue weighted by Gasteiger charge is -2.31. The largest absolute Gasteiger partial charge is 0.339 e. The molecular formula is C19H24N4O3S. The molecule has 27 heavy (non-hydrogen) atoms. The minimum atomic E-state index is -3.46. The van der Waals surface area contributed by atoms with Crippen molar-refractivity contribution in [2.45, 2.75) is 36.5 Å². The molecule has 7 nitrogen and oxygen atoms in total. The Morgan fingerprint density at radius 2 is 1.70 bits per heavy atom. The molecular weight excluding hydrogens is 364 g/mol. The molecule has 4 rings (SSSR count). The van der Waals surface area contributed by atoms with Crippen LogP contribution in [0.15, 0.2) is 41.4 Å². The summed E-state index contributed by atoms with van der Waals surface area (Å²) in [4.78, 5) is 14.9. The van der Waals surface area contributed by atoms with Crippen molar-refractivity contribution in [1.29, 1.82) is 0 Å². The van der Waals surface area contributed by atoms with Crippen molar-refractivity contribution in [1.82, 2.24) is 19.4 Å². The van der Waals surface area contributed by atoms with Crippen LogP contribution in [0.5, 0.6) is 0 Å². The van der Waals surface area contributed by atoms with E-state index in [1.165, 1.54) is 4.31 Å². The Morgan fingerprint density at radius 1 is 1.04 bits per heavy atom. The molecule has 0 radical (unpaired) electrons. The Labute approximate surface area is 159 Å². The first kappa shape index (κ1) is 18.2. The zero-order valence-corrected chi connectivity index (χ0v) is 16.0. The number of rotatable bonds is 4. The Bertz CT molecular complexity index is 896. The molecule has 0 atom stereocenters. The molecule has 144 valence electrons. The van der Waals surface area contributed by atoms with Gasteiger partial charge in [0.2, 0.25) is 10.0 Å². The topological polar surface area (TPSA) is 86.4 Å². The average molecular weight is 388 g/mol. The summed E-state index contributed by atoms with van der Waals surface area (Å²) < 4.78 is 27.1. The van der Waals surface area contributed by atoms with Gasteiger partial charge in [0.05, 0.1) is 22.3 Å². The van der Waals surface area contributed by atoms with Crippen molar-refractivity contribution < 1.29 is 13.2 Å². The van der Waals surface area contributed by atoms with Crippen LogP contribution in [0, 0.1) is 0 Å². The summed E-state index contributed by atoms with van der Waals surface area (Å²) in [6.07, 6.45) is 5.06. The van der Waals surface area contributed by atoms with E-state index in [9.17, 15) is 13.2 Å². The SMILES string of the molecule is O=C(c1cn[nH]c1C1CCN(S(=O)(=O)c2ccccc2)CC1)N1CCCC1. The fraction of sp³-hybridized carbons (Fsp3) is 0.474. The fourth-order valence-corrected chi connectivity index (χ4v) is 5.49. The number of aromatic amines is 1. The summed E-state index contributed by atoms with van der Waals surface area (Å²) in [6.45, 7) is 2.49. The molecule has 1 amide bonds. The number of amides is 1. The Balaban J connectivity index is 1.46. The third-order valence-corrected chi connectivity index (χ3v) is 7.45. The highest BCUT2D eigenvalue weighted by Gasteiger charge is 2.33. The number of sulfonamides is 1. The van der Waals surface area contributed by atoms with E-state index in [0.717, 1.165) is 31.6 Å². The summed E-state index contributed by atoms with van der Waals surface area (Å²) >= 11 is 0. The normalized spacial score (nSPS) is 19.5. The molecule has 2 saturated heterocycles. The molecule has 2 aliphatic rings. The summed E-state index contributed by atoms with van der Waals surface area (Å²) in [7, 11) is -3.46. The van der Waals surface area contributed by atoms with Crippen molar-refractivity contribution in [3.8, 4) is 0 Å². The lowest BCUT2D eigenvalue weighted by atomic mass is 9.92. The second kappa shape index (κ2) is 7.44. The monoisotopic (exact) mass is 388 g/mol. The highest BCUT2D eigenvalue weighted by atomic mass is 32.2. The van der Waals surface area contributed by atoms with E-state index >= 15 is 0 Å². The van der Waals surface area contributed by atoms with Crippen LogP contribution in [0.25, 0.3) is 0 Å². The average Bonchev–Trinajstić information content (AvgIpc) is 3.40. The maximum atomic E-state index is 12.8. The number of hydrogen-bond acceptors (Lipinski definition) is 4. The van der Waals surface area contributed by atoms with Gasteiger partial charge in [-0.25, -0.2) is 8.42 Å². The lowest BCUT2D eigenvalue weighted by Crippen LogP contribution is -2.38. The predicted octanol–water partition coefficient (Wildman–Crippen LogP) is 2.21. The molecule has 2 aromatic rings. The quantitative estimate of drug-likeness (QED) is 0.870. The van der Waals surface area contributed by atoms with Gasteiger partial charge >= 0.3 is 0 Å². The van der Waals surface area contributed by atoms with Crippen LogP contribution in [0.1, 0.15) is 47.7 Å². The molecule has 0 bridgehead atoms. The molecule has 3 heterocycles. The molecule has 0 unspecified atom stereocenters. The number of aromatic nitrogens is 2. The minimum absolute atomic E-state index is 0.0376. The van der Waals surface area contributed by atoms with Gasteiger partial charge in [-0.15, -0.1) is 0 Å². The van der Waals surface area contributed by atoms with Gasteiger partial charge in [0.25, 0.3) is 5.91 Å². The fourth-order valence-electron chi connectivity index (χ4n) is 3.99. The molecule has 0 saturated carbocycles. The molecule has 1 N–H and O–H groups in total. The van der Waals surface area contributed by atoms with Gasteiger partial charge in [-0.2, -0.15) is 9.40 Å². The number of likely N-dealkylation sites (tertiary alicyclic amines) is 1. The summed E-state index contributed by atoms with van der Waals surface area (Å²) in [5.74, 6) is 0.159. The molecule has 0 aliphatic carbocycles. The Morgan fingerprint density at radius 3 is 2.37 bits per heavy atom. The third kappa shape index (κ3) is 3.51. The number of nitrogens with one attached hydrogen (secondary N) is 1. The second-order valence-corrected chi connectivity index (χ2v) is 9.13. The van der Waals surface area contributed by atoms with Crippen LogP contribution >= 0.6 is 0 Å². The summed E-state index contributed by atoms with van der Waals surface area (Å²) in [5, 5.41) is 7.10. The van der Waals surface area contributed by atoms with E-state index < -0.39 is 10.0 Å². The molecule has 8 heteroatoms. The minimum Gasteiger partial charge on any atom is -0.339 e. The number of nitrogens with zero attached hydrogens (tertiary/aromatic N) is 3. The van der Waals surface area contributed by atoms with Crippen molar-refractivity contribution in [2.75, 3.05) is 26.2 Å². The maximum Gasteiger partial charge on any atom is 0.257 e. The molecule has 1 aromatic carbocycles. The van der Waals surface area contributed by atoms with Gasteiger partial charge in [-0.3, -0.25) is 9.89 Å². The number of hydrogen-bond donors (Lipinski definition) is 1. The van der Waals surface area contributed by atoms with Crippen LogP contribution in [-0.4, -0.2) is 59.9 Å². The standard InChI is InChI=1S/C19H24N4O3S/c24-19(22-10-4-5-11-22)17-14-20-21-18(17)15-8-12-23(13-9-15)27(25,26)16-6-2-1-3-7-16/h1-3,6-7,14-15H,4-5,8-13H2,(H,20,21). The van der Waals surface area contributed by atoms with E-state index in [2.05, 4.69) is 10.2 Å². The number of carbonyl (C=O) groups is 1. The summed E-state index contributed by atoms with van der Waals surface area (Å²) in [5.41, 5.74) is 1.49. The molecule has 2 fully saturated rings. The Kier molecular flexibility index (Phi) is 5.01. The van der Waals surface area contributed by atoms with Gasteiger partial charge in [-0.05, 0) is 37.8 Å². The van der Waals surface area contributed by atoms with Crippen molar-refractivity contribution in [3.05, 3.63) is 47.8 Å². The molecule has 1 aromatic heterocycles. The number of benzene rings is 1. The van der Waals surface area contributed by atoms with Gasteiger partial charge in [-0.1, -0.05) is 18.2 Å². The van der Waals surface area contributed by atoms with Crippen LogP contribution in [-0.2, 0) is 10.0 Å². The zero-order chi connectivity index (χ0) is 18.9. The Hall–Kier alpha value is -2.19. The van der Waals surface area contributed by atoms with Gasteiger partial charge in [0, 0.05) is 32.1 Å². The molecule has 2 aliphatic heterocycles. The van der Waals surface area contributed by atoms with Crippen LogP contribution in [0.4, 0.5) is 0 Å². The van der Waals surface area contributed by atoms with E-state index in [1.54, 1.807) is 30.5 Å². The van der Waals surface area contributed by atoms with Crippen molar-refractivity contribution >= 4 is 15.9 Å². The van der Waals surface area contributed by atoms with Crippen molar-refractivity contribution in [2.24, 2.45) is 0 Å². The van der Waals surface area contributed by atoms with Crippen molar-refractivity contribution in [3.63, 3.8) is 0 Å². The first-order chi connectivity index (χ1) is 13.1. The van der Waals surface area contributed by atoms with E-state index in [-0.39, 0.29) is 11.8 Å². The van der Waals surface area contributed by atoms with Crippen LogP contribution in [0.3, 0.4) is 0 Å². The number of carbonyl (C=O) groups excluding carboxylic acids is 1. The van der Waals surface area contributed by atoms with Gasteiger partial charge in [0.15, 0.2) is 0 Å². The van der Waals surface area contributed by atoms with E-state index in [4.69, 9.17) is 0 Å². The maximum absolute atomic E-state index is 12.8. The number of piperidine rings is 1. The highest BCUT2D eigenvalue weighted by molar-refractivity contribution is 7.89. The van der Waals surface area contributed by atoms with E-state index in [0.29, 0.717) is 36.4 Å². The second-order valence-electron chi connectivity index (χ2n) is 7.19. The lowest BCUT2D eigenvalue weighted by molar-refractivity contribution is 0.0790. The highest BCUT2D eigenvalue weighted by Crippen LogP contribution is 2.32. The van der Waals surface area contributed by atoms with Gasteiger partial charge in [0.1, 0.15) is 0 Å². The smallest absolute Gasteiger partial charge is 0.257 e. The zero-order valence-electron chi connectivity index (χ0n) is 15.2.